The highest BCUT2D eigenvalue weighted by atomic mass is 31.2. The summed E-state index contributed by atoms with van der Waals surface area (Å²) in [4.78, 5) is 0. The molecule has 3 nitrogen and oxygen atoms in total. The van der Waals surface area contributed by atoms with Crippen molar-refractivity contribution in [2.24, 2.45) is 0 Å². The van der Waals surface area contributed by atoms with Crippen molar-refractivity contribution in [3.63, 3.8) is 0 Å². The molecule has 0 heterocycles. The number of aryl methyl sites for hydroxylation is 1. The average Bonchev–Trinajstić information content (AvgIpc) is 2.45. The van der Waals surface area contributed by atoms with Crippen molar-refractivity contribution in [3.05, 3.63) is 47.7 Å². The molecule has 1 unspecified atom stereocenters. The molecule has 0 aliphatic heterocycles. The largest absolute Gasteiger partial charge is 0.456 e. The fourth-order valence-corrected chi connectivity index (χ4v) is 2.81. The molecule has 4 heteroatoms. The second-order valence-electron chi connectivity index (χ2n) is 4.75. The zero-order chi connectivity index (χ0) is 15.7. The zero-order valence-corrected chi connectivity index (χ0v) is 13.9. The summed E-state index contributed by atoms with van der Waals surface area (Å²) in [7, 11) is -3.45. The zero-order valence-electron chi connectivity index (χ0n) is 13.0. The molecule has 0 saturated carbocycles. The molecule has 1 rings (SSSR count). The summed E-state index contributed by atoms with van der Waals surface area (Å²) in [5.41, 5.74) is 4.57. The monoisotopic (exact) mass is 306 g/mol. The lowest BCUT2D eigenvalue weighted by atomic mass is 10.2. The third-order valence-corrected chi connectivity index (χ3v) is 4.23. The smallest absolute Gasteiger partial charge is 0.421 e. The normalized spacial score (nSPS) is 12.9. The number of allylic oxidation sites excluding steroid dienone is 1. The van der Waals surface area contributed by atoms with Crippen LogP contribution in [0.1, 0.15) is 44.2 Å². The molecule has 0 aromatic heterocycles. The van der Waals surface area contributed by atoms with E-state index in [1.54, 1.807) is 6.92 Å². The molecule has 0 bridgehead atoms. The lowest BCUT2D eigenvalue weighted by Crippen LogP contribution is -1.94. The Morgan fingerprint density at radius 1 is 1.29 bits per heavy atom. The number of rotatable bonds is 7. The minimum absolute atomic E-state index is 0.279. The van der Waals surface area contributed by atoms with E-state index in [1.807, 2.05) is 31.2 Å². The van der Waals surface area contributed by atoms with Crippen molar-refractivity contribution in [1.82, 2.24) is 0 Å². The van der Waals surface area contributed by atoms with Gasteiger partial charge in [0.25, 0.3) is 0 Å². The van der Waals surface area contributed by atoms with Crippen LogP contribution in [0.25, 0.3) is 0 Å². The van der Waals surface area contributed by atoms with E-state index in [0.29, 0.717) is 12.2 Å². The van der Waals surface area contributed by atoms with Crippen molar-refractivity contribution >= 4 is 7.60 Å². The predicted octanol–water partition coefficient (Wildman–Crippen LogP) is 5.25. The highest BCUT2D eigenvalue weighted by Gasteiger charge is 2.23. The van der Waals surface area contributed by atoms with Gasteiger partial charge in [-0.1, -0.05) is 43.5 Å². The lowest BCUT2D eigenvalue weighted by Gasteiger charge is -2.14. The van der Waals surface area contributed by atoms with E-state index in [2.05, 4.69) is 25.1 Å². The molecule has 0 radical (unpaired) electrons. The second kappa shape index (κ2) is 8.72. The third-order valence-electron chi connectivity index (χ3n) is 2.75. The van der Waals surface area contributed by atoms with Crippen LogP contribution < -0.4 is 0 Å². The quantitative estimate of drug-likeness (QED) is 0.392. The van der Waals surface area contributed by atoms with Crippen molar-refractivity contribution in [3.8, 4) is 11.6 Å². The van der Waals surface area contributed by atoms with Gasteiger partial charge in [-0.3, -0.25) is 4.52 Å². The van der Waals surface area contributed by atoms with Crippen LogP contribution >= 0.6 is 7.60 Å². The predicted molar refractivity (Wildman–Crippen MR) is 87.0 cm³/mol. The molecule has 0 N–H and O–H groups in total. The van der Waals surface area contributed by atoms with Gasteiger partial charge in [0.05, 0.1) is 12.4 Å². The van der Waals surface area contributed by atoms with Gasteiger partial charge >= 0.3 is 7.60 Å². The first-order valence-corrected chi connectivity index (χ1v) is 8.75. The molecule has 1 aromatic carbocycles. The summed E-state index contributed by atoms with van der Waals surface area (Å²) in [5, 5.41) is 0. The van der Waals surface area contributed by atoms with Crippen LogP contribution in [-0.2, 0) is 13.6 Å². The number of unbranched alkanes of at least 4 members (excludes halogenated alkanes) is 1. The van der Waals surface area contributed by atoms with E-state index in [9.17, 15) is 4.57 Å². The van der Waals surface area contributed by atoms with Gasteiger partial charge in [0, 0.05) is 17.6 Å². The first-order valence-electron chi connectivity index (χ1n) is 7.21. The highest BCUT2D eigenvalue weighted by molar-refractivity contribution is 7.59. The van der Waals surface area contributed by atoms with Gasteiger partial charge in [0.1, 0.15) is 0 Å². The molecule has 0 spiro atoms. The Bertz CT molecular complexity index is 564. The second-order valence-corrected chi connectivity index (χ2v) is 6.41. The first-order chi connectivity index (χ1) is 9.99. The molecular weight excluding hydrogens is 283 g/mol. The van der Waals surface area contributed by atoms with Gasteiger partial charge in [-0.2, -0.15) is 0 Å². The number of benzene rings is 1. The molecule has 114 valence electrons. The average molecular weight is 306 g/mol. The van der Waals surface area contributed by atoms with Crippen LogP contribution in [-0.4, -0.2) is 6.61 Å². The van der Waals surface area contributed by atoms with Gasteiger partial charge < -0.3 is 4.52 Å². The van der Waals surface area contributed by atoms with Crippen molar-refractivity contribution in [2.75, 3.05) is 6.61 Å². The van der Waals surface area contributed by atoms with Crippen LogP contribution in [0.2, 0.25) is 0 Å². The summed E-state index contributed by atoms with van der Waals surface area (Å²) < 4.78 is 23.2. The van der Waals surface area contributed by atoms with Gasteiger partial charge in [-0.15, -0.1) is 0 Å². The maximum absolute atomic E-state index is 12.5. The van der Waals surface area contributed by atoms with Crippen LogP contribution in [0.4, 0.5) is 0 Å². The fraction of sp³-hybridized carbons (Fsp3) is 0.412. The van der Waals surface area contributed by atoms with E-state index in [1.165, 1.54) is 0 Å². The maximum Gasteiger partial charge on any atom is 0.456 e. The van der Waals surface area contributed by atoms with Gasteiger partial charge in [0.2, 0.25) is 0 Å². The summed E-state index contributed by atoms with van der Waals surface area (Å²) in [5.74, 6) is 3.32. The highest BCUT2D eigenvalue weighted by Crippen LogP contribution is 2.49. The minimum atomic E-state index is -3.45. The first kappa shape index (κ1) is 17.6. The van der Waals surface area contributed by atoms with Gasteiger partial charge in [-0.05, 0) is 32.4 Å². The summed E-state index contributed by atoms with van der Waals surface area (Å²) in [6.45, 7) is 9.90. The SMILES string of the molecule is C=C(CCCC)OP(=O)(C#Cc1ccc(C)cc1)OCC. The summed E-state index contributed by atoms with van der Waals surface area (Å²) in [6, 6.07) is 7.67. The molecule has 0 aliphatic carbocycles. The van der Waals surface area contributed by atoms with Crippen molar-refractivity contribution in [2.45, 2.75) is 40.0 Å². The molecule has 21 heavy (non-hydrogen) atoms. The molecule has 0 saturated heterocycles. The summed E-state index contributed by atoms with van der Waals surface area (Å²) in [6.07, 6.45) is 2.63. The Balaban J connectivity index is 2.83. The molecule has 0 amide bonds. The molecule has 1 atom stereocenters. The van der Waals surface area contributed by atoms with E-state index >= 15 is 0 Å². The Morgan fingerprint density at radius 3 is 2.52 bits per heavy atom. The van der Waals surface area contributed by atoms with Crippen LogP contribution in [0.15, 0.2) is 36.6 Å². The minimum Gasteiger partial charge on any atom is -0.421 e. The van der Waals surface area contributed by atoms with E-state index in [-0.39, 0.29) is 6.61 Å². The van der Waals surface area contributed by atoms with Crippen LogP contribution in [0.3, 0.4) is 0 Å². The Morgan fingerprint density at radius 2 is 1.95 bits per heavy atom. The molecule has 0 aliphatic rings. The lowest BCUT2D eigenvalue weighted by molar-refractivity contribution is 0.256. The van der Waals surface area contributed by atoms with Gasteiger partial charge in [0.15, 0.2) is 0 Å². The number of hydrogen-bond acceptors (Lipinski definition) is 3. The van der Waals surface area contributed by atoms with Gasteiger partial charge in [-0.25, -0.2) is 4.57 Å². The van der Waals surface area contributed by atoms with E-state index in [0.717, 1.165) is 24.0 Å². The number of hydrogen-bond donors (Lipinski definition) is 0. The Hall–Kier alpha value is -1.49. The van der Waals surface area contributed by atoms with Crippen LogP contribution in [0, 0.1) is 18.5 Å². The standard InChI is InChI=1S/C17H23O3P/c1-5-7-8-16(4)20-21(18,19-6-2)14-13-17-11-9-15(3)10-12-17/h9-12H,4-8H2,1-3H3. The molecule has 0 fully saturated rings. The van der Waals surface area contributed by atoms with Crippen LogP contribution in [0.5, 0.6) is 0 Å². The van der Waals surface area contributed by atoms with E-state index in [4.69, 9.17) is 9.05 Å². The Labute approximate surface area is 127 Å². The maximum atomic E-state index is 12.5. The molecule has 1 aromatic rings. The Kier molecular flexibility index (Phi) is 7.29. The summed E-state index contributed by atoms with van der Waals surface area (Å²) >= 11 is 0. The van der Waals surface area contributed by atoms with Crippen molar-refractivity contribution < 1.29 is 13.6 Å². The third kappa shape index (κ3) is 6.67. The topological polar surface area (TPSA) is 35.5 Å². The van der Waals surface area contributed by atoms with Crippen molar-refractivity contribution in [1.29, 1.82) is 0 Å². The molecular formula is C17H23O3P. The fourth-order valence-electron chi connectivity index (χ4n) is 1.61. The van der Waals surface area contributed by atoms with E-state index < -0.39 is 7.60 Å².